The SMILES string of the molecule is CC(C)=CCc1c(O)cc2c(c1C)OC(=O)c1c(C)c(Cl)c(O)c(CO)c1O2. The minimum Gasteiger partial charge on any atom is -0.508 e. The zero-order valence-electron chi connectivity index (χ0n) is 16.0. The van der Waals surface area contributed by atoms with Crippen LogP contribution in [0.15, 0.2) is 17.7 Å². The van der Waals surface area contributed by atoms with Crippen LogP contribution in [-0.2, 0) is 13.0 Å². The van der Waals surface area contributed by atoms with Crippen LogP contribution in [0.5, 0.6) is 28.7 Å². The van der Waals surface area contributed by atoms with Gasteiger partial charge in [-0.25, -0.2) is 4.79 Å². The summed E-state index contributed by atoms with van der Waals surface area (Å²) in [7, 11) is 0. The van der Waals surface area contributed by atoms with Crippen molar-refractivity contribution >= 4 is 17.6 Å². The Morgan fingerprint density at radius 2 is 1.79 bits per heavy atom. The summed E-state index contributed by atoms with van der Waals surface area (Å²) >= 11 is 6.11. The van der Waals surface area contributed by atoms with E-state index in [1.165, 1.54) is 6.07 Å². The third-order valence-electron chi connectivity index (χ3n) is 4.78. The van der Waals surface area contributed by atoms with Crippen molar-refractivity contribution in [2.45, 2.75) is 40.7 Å². The topological polar surface area (TPSA) is 96.2 Å². The van der Waals surface area contributed by atoms with Gasteiger partial charge in [-0.1, -0.05) is 23.3 Å². The van der Waals surface area contributed by atoms with Gasteiger partial charge >= 0.3 is 5.97 Å². The molecule has 6 nitrogen and oxygen atoms in total. The fraction of sp³-hybridized carbons (Fsp3) is 0.286. The first-order valence-electron chi connectivity index (χ1n) is 8.70. The van der Waals surface area contributed by atoms with Crippen LogP contribution in [-0.4, -0.2) is 21.3 Å². The van der Waals surface area contributed by atoms with Gasteiger partial charge in [0.05, 0.1) is 17.2 Å². The molecule has 0 saturated heterocycles. The van der Waals surface area contributed by atoms with Gasteiger partial charge in [-0.15, -0.1) is 0 Å². The molecule has 0 fully saturated rings. The van der Waals surface area contributed by atoms with E-state index in [1.54, 1.807) is 13.8 Å². The zero-order valence-corrected chi connectivity index (χ0v) is 16.8. The number of aliphatic hydroxyl groups excluding tert-OH is 1. The van der Waals surface area contributed by atoms with E-state index >= 15 is 0 Å². The number of fused-ring (bicyclic) bond motifs is 2. The highest BCUT2D eigenvalue weighted by Crippen LogP contribution is 2.49. The molecular weight excluding hydrogens is 384 g/mol. The molecule has 0 spiro atoms. The summed E-state index contributed by atoms with van der Waals surface area (Å²) in [5.41, 5.74) is 2.53. The minimum absolute atomic E-state index is 0.00583. The Kier molecular flexibility index (Phi) is 5.28. The van der Waals surface area contributed by atoms with E-state index in [4.69, 9.17) is 21.1 Å². The van der Waals surface area contributed by atoms with Crippen LogP contribution in [0.25, 0.3) is 0 Å². The van der Waals surface area contributed by atoms with E-state index in [1.807, 2.05) is 19.9 Å². The maximum atomic E-state index is 12.8. The second-order valence-corrected chi connectivity index (χ2v) is 7.31. The molecule has 0 radical (unpaired) electrons. The second kappa shape index (κ2) is 7.37. The third-order valence-corrected chi connectivity index (χ3v) is 5.24. The largest absolute Gasteiger partial charge is 0.508 e. The lowest BCUT2D eigenvalue weighted by atomic mass is 10.0. The zero-order chi connectivity index (χ0) is 20.7. The number of hydrogen-bond donors (Lipinski definition) is 3. The molecule has 0 saturated carbocycles. The first kappa shape index (κ1) is 20.0. The maximum Gasteiger partial charge on any atom is 0.347 e. The molecule has 3 N–H and O–H groups in total. The molecule has 2 aromatic rings. The fourth-order valence-corrected chi connectivity index (χ4v) is 3.37. The molecule has 7 heteroatoms. The number of hydrogen-bond acceptors (Lipinski definition) is 6. The summed E-state index contributed by atoms with van der Waals surface area (Å²) in [6.07, 6.45) is 2.42. The van der Waals surface area contributed by atoms with Gasteiger partial charge in [0, 0.05) is 17.2 Å². The Bertz CT molecular complexity index is 1020. The van der Waals surface area contributed by atoms with Crippen molar-refractivity contribution in [3.63, 3.8) is 0 Å². The molecule has 1 aliphatic heterocycles. The van der Waals surface area contributed by atoms with Gasteiger partial charge in [-0.3, -0.25) is 0 Å². The van der Waals surface area contributed by atoms with Gasteiger partial charge in [-0.2, -0.15) is 0 Å². The van der Waals surface area contributed by atoms with E-state index in [2.05, 4.69) is 0 Å². The number of benzene rings is 2. The van der Waals surface area contributed by atoms with E-state index in [0.29, 0.717) is 17.5 Å². The van der Waals surface area contributed by atoms with E-state index in [9.17, 15) is 20.1 Å². The maximum absolute atomic E-state index is 12.8. The number of halogens is 1. The molecule has 1 heterocycles. The normalized spacial score (nSPS) is 12.4. The first-order chi connectivity index (χ1) is 13.2. The lowest BCUT2D eigenvalue weighted by molar-refractivity contribution is 0.0735. The highest BCUT2D eigenvalue weighted by atomic mass is 35.5. The predicted octanol–water partition coefficient (Wildman–Crippen LogP) is 4.69. The van der Waals surface area contributed by atoms with Gasteiger partial charge in [0.15, 0.2) is 17.2 Å². The van der Waals surface area contributed by atoms with Gasteiger partial charge < -0.3 is 24.8 Å². The average molecular weight is 405 g/mol. The monoisotopic (exact) mass is 404 g/mol. The van der Waals surface area contributed by atoms with E-state index in [0.717, 1.165) is 5.57 Å². The summed E-state index contributed by atoms with van der Waals surface area (Å²) in [5.74, 6) is -0.841. The molecule has 0 unspecified atom stereocenters. The molecule has 1 aliphatic rings. The van der Waals surface area contributed by atoms with Crippen molar-refractivity contribution in [2.75, 3.05) is 0 Å². The van der Waals surface area contributed by atoms with Crippen molar-refractivity contribution in [2.24, 2.45) is 0 Å². The van der Waals surface area contributed by atoms with Crippen LogP contribution in [0.4, 0.5) is 0 Å². The van der Waals surface area contributed by atoms with Crippen molar-refractivity contribution in [1.29, 1.82) is 0 Å². The average Bonchev–Trinajstić information content (AvgIpc) is 2.76. The number of aromatic hydroxyl groups is 2. The predicted molar refractivity (Wildman–Crippen MR) is 105 cm³/mol. The Morgan fingerprint density at radius 3 is 2.39 bits per heavy atom. The molecule has 28 heavy (non-hydrogen) atoms. The van der Waals surface area contributed by atoms with Crippen LogP contribution in [0.1, 0.15) is 46.5 Å². The molecule has 148 valence electrons. The minimum atomic E-state index is -0.718. The molecule has 0 aliphatic carbocycles. The number of carbonyl (C=O) groups excluding carboxylic acids is 1. The fourth-order valence-electron chi connectivity index (χ4n) is 3.16. The van der Waals surface area contributed by atoms with E-state index in [-0.39, 0.29) is 50.5 Å². The number of carbonyl (C=O) groups is 1. The van der Waals surface area contributed by atoms with Crippen LogP contribution in [0.3, 0.4) is 0 Å². The molecule has 3 rings (SSSR count). The van der Waals surface area contributed by atoms with Gasteiger partial charge in [0.1, 0.15) is 17.1 Å². The Hall–Kier alpha value is -2.70. The van der Waals surface area contributed by atoms with Crippen molar-refractivity contribution in [1.82, 2.24) is 0 Å². The number of rotatable bonds is 3. The lowest BCUT2D eigenvalue weighted by Crippen LogP contribution is -2.11. The quantitative estimate of drug-likeness (QED) is 0.390. The first-order valence-corrected chi connectivity index (χ1v) is 9.08. The number of phenols is 2. The van der Waals surface area contributed by atoms with Gasteiger partial charge in [-0.05, 0) is 39.7 Å². The number of esters is 1. The molecule has 2 aromatic carbocycles. The Balaban J connectivity index is 2.24. The smallest absolute Gasteiger partial charge is 0.347 e. The highest BCUT2D eigenvalue weighted by molar-refractivity contribution is 6.33. The summed E-state index contributed by atoms with van der Waals surface area (Å²) < 4.78 is 11.4. The number of ether oxygens (including phenoxy) is 2. The van der Waals surface area contributed by atoms with E-state index < -0.39 is 12.6 Å². The number of phenolic OH excluding ortho intramolecular Hbond substituents is 1. The van der Waals surface area contributed by atoms with Crippen LogP contribution in [0.2, 0.25) is 5.02 Å². The summed E-state index contributed by atoms with van der Waals surface area (Å²) in [6.45, 7) is 6.58. The van der Waals surface area contributed by atoms with Crippen molar-refractivity contribution in [3.05, 3.63) is 50.6 Å². The summed E-state index contributed by atoms with van der Waals surface area (Å²) in [4.78, 5) is 12.8. The van der Waals surface area contributed by atoms with Crippen LogP contribution < -0.4 is 9.47 Å². The molecule has 0 atom stereocenters. The Morgan fingerprint density at radius 1 is 1.11 bits per heavy atom. The second-order valence-electron chi connectivity index (χ2n) is 6.93. The standard InChI is InChI=1S/C21H21ClO6/c1-9(2)5-6-12-10(3)19-15(7-14(12)24)27-20-13(8-23)18(25)17(22)11(4)16(20)21(26)28-19/h5,7,23-25H,6,8H2,1-4H3. The summed E-state index contributed by atoms with van der Waals surface area (Å²) in [6, 6.07) is 1.36. The lowest BCUT2D eigenvalue weighted by Gasteiger charge is -2.16. The number of aliphatic hydroxyl groups is 1. The summed E-state index contributed by atoms with van der Waals surface area (Å²) in [5, 5.41) is 30.4. The van der Waals surface area contributed by atoms with Crippen molar-refractivity contribution in [3.8, 4) is 28.7 Å². The van der Waals surface area contributed by atoms with Crippen LogP contribution in [0, 0.1) is 13.8 Å². The molecule has 0 bridgehead atoms. The molecule has 0 aromatic heterocycles. The van der Waals surface area contributed by atoms with Crippen LogP contribution >= 0.6 is 11.6 Å². The molecule has 0 amide bonds. The van der Waals surface area contributed by atoms with Gasteiger partial charge in [0.2, 0.25) is 0 Å². The van der Waals surface area contributed by atoms with Gasteiger partial charge in [0.25, 0.3) is 0 Å². The highest BCUT2D eigenvalue weighted by Gasteiger charge is 2.33. The van der Waals surface area contributed by atoms with Crippen molar-refractivity contribution < 1.29 is 29.6 Å². The third kappa shape index (κ3) is 3.19. The number of allylic oxidation sites excluding steroid dienone is 2. The Labute approximate surface area is 167 Å². The molecular formula is C21H21ClO6.